The minimum atomic E-state index is -0.506. The lowest BCUT2D eigenvalue weighted by atomic mass is 10.0. The van der Waals surface area contributed by atoms with Crippen molar-refractivity contribution >= 4 is 23.4 Å². The van der Waals surface area contributed by atoms with Crippen molar-refractivity contribution in [2.24, 2.45) is 0 Å². The number of benzene rings is 1. The molecule has 0 bridgehead atoms. The number of para-hydroxylation sites is 1. The summed E-state index contributed by atoms with van der Waals surface area (Å²) in [5.74, 6) is 0.928. The van der Waals surface area contributed by atoms with E-state index in [0.717, 1.165) is 40.9 Å². The summed E-state index contributed by atoms with van der Waals surface area (Å²) in [6, 6.07) is 6.00. The SMILES string of the molecule is CCN(CC)C[C@@H](O)c1cccc2c(C)c(C)oc12.Cl. The first kappa shape index (κ1) is 17.0. The van der Waals surface area contributed by atoms with Crippen LogP contribution in [-0.4, -0.2) is 29.6 Å². The first-order valence-corrected chi connectivity index (χ1v) is 6.97. The van der Waals surface area contributed by atoms with Gasteiger partial charge in [0.15, 0.2) is 0 Å². The number of aliphatic hydroxyl groups is 1. The number of hydrogen-bond acceptors (Lipinski definition) is 3. The van der Waals surface area contributed by atoms with E-state index in [2.05, 4.69) is 31.7 Å². The van der Waals surface area contributed by atoms with Crippen molar-refractivity contribution in [3.8, 4) is 0 Å². The first-order valence-electron chi connectivity index (χ1n) is 6.97. The van der Waals surface area contributed by atoms with Gasteiger partial charge in [-0.3, -0.25) is 0 Å². The number of furan rings is 1. The van der Waals surface area contributed by atoms with E-state index < -0.39 is 6.10 Å². The summed E-state index contributed by atoms with van der Waals surface area (Å²) >= 11 is 0. The van der Waals surface area contributed by atoms with Gasteiger partial charge in [-0.05, 0) is 32.5 Å². The maximum atomic E-state index is 10.4. The molecule has 0 spiro atoms. The van der Waals surface area contributed by atoms with E-state index in [-0.39, 0.29) is 12.4 Å². The number of fused-ring (bicyclic) bond motifs is 1. The number of rotatable bonds is 5. The van der Waals surface area contributed by atoms with E-state index in [0.29, 0.717) is 6.54 Å². The van der Waals surface area contributed by atoms with E-state index in [1.54, 1.807) is 0 Å². The van der Waals surface area contributed by atoms with Crippen molar-refractivity contribution < 1.29 is 9.52 Å². The molecule has 112 valence electrons. The second-order valence-corrected chi connectivity index (χ2v) is 5.01. The van der Waals surface area contributed by atoms with E-state index in [9.17, 15) is 5.11 Å². The standard InChI is InChI=1S/C16H23NO2.ClH/c1-5-17(6-2)10-15(18)14-9-7-8-13-11(3)12(4)19-16(13)14;/h7-9,15,18H,5-6,10H2,1-4H3;1H/t15-;/m1./s1. The molecule has 0 aliphatic heterocycles. The molecule has 0 aliphatic carbocycles. The van der Waals surface area contributed by atoms with Crippen LogP contribution >= 0.6 is 12.4 Å². The van der Waals surface area contributed by atoms with E-state index >= 15 is 0 Å². The predicted molar refractivity (Wildman–Crippen MR) is 85.7 cm³/mol. The lowest BCUT2D eigenvalue weighted by molar-refractivity contribution is 0.119. The van der Waals surface area contributed by atoms with Gasteiger partial charge >= 0.3 is 0 Å². The quantitative estimate of drug-likeness (QED) is 0.911. The minimum absolute atomic E-state index is 0. The van der Waals surface area contributed by atoms with Crippen molar-refractivity contribution in [2.75, 3.05) is 19.6 Å². The normalized spacial score (nSPS) is 12.7. The van der Waals surface area contributed by atoms with E-state index in [4.69, 9.17) is 4.42 Å². The van der Waals surface area contributed by atoms with Crippen molar-refractivity contribution in [3.05, 3.63) is 35.1 Å². The summed E-state index contributed by atoms with van der Waals surface area (Å²) in [5.41, 5.74) is 2.88. The number of likely N-dealkylation sites (N-methyl/N-ethyl adjacent to an activating group) is 1. The maximum absolute atomic E-state index is 10.4. The van der Waals surface area contributed by atoms with Crippen LogP contribution in [0.15, 0.2) is 22.6 Å². The van der Waals surface area contributed by atoms with Crippen LogP contribution < -0.4 is 0 Å². The molecule has 1 atom stereocenters. The smallest absolute Gasteiger partial charge is 0.140 e. The zero-order chi connectivity index (χ0) is 14.0. The summed E-state index contributed by atoms with van der Waals surface area (Å²) in [6.45, 7) is 10.8. The Morgan fingerprint density at radius 3 is 2.45 bits per heavy atom. The predicted octanol–water partition coefficient (Wildman–Crippen LogP) is 3.85. The second-order valence-electron chi connectivity index (χ2n) is 5.01. The highest BCUT2D eigenvalue weighted by molar-refractivity contribution is 5.85. The van der Waals surface area contributed by atoms with Gasteiger partial charge in [0.2, 0.25) is 0 Å². The van der Waals surface area contributed by atoms with Crippen LogP contribution in [0, 0.1) is 13.8 Å². The molecule has 1 heterocycles. The van der Waals surface area contributed by atoms with Gasteiger partial charge in [-0.1, -0.05) is 32.0 Å². The Balaban J connectivity index is 0.00000200. The van der Waals surface area contributed by atoms with Crippen LogP contribution in [-0.2, 0) is 0 Å². The van der Waals surface area contributed by atoms with Crippen molar-refractivity contribution in [2.45, 2.75) is 33.8 Å². The number of hydrogen-bond donors (Lipinski definition) is 1. The zero-order valence-corrected chi connectivity index (χ0v) is 13.5. The highest BCUT2D eigenvalue weighted by atomic mass is 35.5. The van der Waals surface area contributed by atoms with Gasteiger partial charge in [0.25, 0.3) is 0 Å². The molecule has 0 unspecified atom stereocenters. The third kappa shape index (κ3) is 3.17. The van der Waals surface area contributed by atoms with Gasteiger partial charge in [-0.2, -0.15) is 0 Å². The Bertz CT molecular complexity index is 561. The molecule has 0 saturated carbocycles. The van der Waals surface area contributed by atoms with Gasteiger partial charge in [0, 0.05) is 17.5 Å². The summed E-state index contributed by atoms with van der Waals surface area (Å²) < 4.78 is 5.82. The Hall–Kier alpha value is -1.03. The average Bonchev–Trinajstić information content (AvgIpc) is 2.71. The summed E-state index contributed by atoms with van der Waals surface area (Å²) in [5, 5.41) is 11.6. The third-order valence-electron chi connectivity index (χ3n) is 3.92. The molecule has 0 saturated heterocycles. The first-order chi connectivity index (χ1) is 9.08. The molecular formula is C16H24ClNO2. The number of nitrogens with zero attached hydrogens (tertiary/aromatic N) is 1. The summed E-state index contributed by atoms with van der Waals surface area (Å²) in [7, 11) is 0. The molecule has 0 fully saturated rings. The molecule has 4 heteroatoms. The molecule has 20 heavy (non-hydrogen) atoms. The highest BCUT2D eigenvalue weighted by Gasteiger charge is 2.18. The fourth-order valence-corrected chi connectivity index (χ4v) is 2.47. The summed E-state index contributed by atoms with van der Waals surface area (Å²) in [6.07, 6.45) is -0.506. The van der Waals surface area contributed by atoms with Gasteiger partial charge in [0.05, 0.1) is 6.10 Å². The van der Waals surface area contributed by atoms with Crippen LogP contribution in [0.1, 0.15) is 36.8 Å². The van der Waals surface area contributed by atoms with Gasteiger partial charge in [-0.15, -0.1) is 12.4 Å². The number of halogens is 1. The highest BCUT2D eigenvalue weighted by Crippen LogP contribution is 2.30. The minimum Gasteiger partial charge on any atom is -0.461 e. The Morgan fingerprint density at radius 2 is 1.85 bits per heavy atom. The lowest BCUT2D eigenvalue weighted by Gasteiger charge is -2.22. The Labute approximate surface area is 127 Å². The van der Waals surface area contributed by atoms with Gasteiger partial charge < -0.3 is 14.4 Å². The van der Waals surface area contributed by atoms with Crippen molar-refractivity contribution in [3.63, 3.8) is 0 Å². The fraction of sp³-hybridized carbons (Fsp3) is 0.500. The Morgan fingerprint density at radius 1 is 1.20 bits per heavy atom. The molecule has 2 aromatic rings. The van der Waals surface area contributed by atoms with Gasteiger partial charge in [0.1, 0.15) is 11.3 Å². The van der Waals surface area contributed by atoms with Crippen LogP contribution in [0.2, 0.25) is 0 Å². The van der Waals surface area contributed by atoms with Crippen LogP contribution in [0.4, 0.5) is 0 Å². The molecule has 2 rings (SSSR count). The van der Waals surface area contributed by atoms with Gasteiger partial charge in [-0.25, -0.2) is 0 Å². The zero-order valence-electron chi connectivity index (χ0n) is 12.6. The van der Waals surface area contributed by atoms with E-state index in [1.165, 1.54) is 0 Å². The lowest BCUT2D eigenvalue weighted by Crippen LogP contribution is -2.28. The molecular weight excluding hydrogens is 274 g/mol. The molecule has 3 nitrogen and oxygen atoms in total. The summed E-state index contributed by atoms with van der Waals surface area (Å²) in [4.78, 5) is 2.21. The molecule has 1 aromatic heterocycles. The maximum Gasteiger partial charge on any atom is 0.140 e. The van der Waals surface area contributed by atoms with Crippen molar-refractivity contribution in [1.29, 1.82) is 0 Å². The van der Waals surface area contributed by atoms with E-state index in [1.807, 2.05) is 19.1 Å². The molecule has 0 aliphatic rings. The average molecular weight is 298 g/mol. The number of aliphatic hydroxyl groups excluding tert-OH is 1. The number of aryl methyl sites for hydroxylation is 2. The van der Waals surface area contributed by atoms with Crippen LogP contribution in [0.25, 0.3) is 11.0 Å². The fourth-order valence-electron chi connectivity index (χ4n) is 2.47. The second kappa shape index (κ2) is 7.11. The molecule has 0 amide bonds. The molecule has 1 aromatic carbocycles. The third-order valence-corrected chi connectivity index (χ3v) is 3.92. The monoisotopic (exact) mass is 297 g/mol. The van der Waals surface area contributed by atoms with Crippen LogP contribution in [0.3, 0.4) is 0 Å². The van der Waals surface area contributed by atoms with Crippen molar-refractivity contribution in [1.82, 2.24) is 4.90 Å². The Kier molecular flexibility index (Phi) is 6.06. The molecule has 1 N–H and O–H groups in total. The largest absolute Gasteiger partial charge is 0.461 e. The van der Waals surface area contributed by atoms with Crippen LogP contribution in [0.5, 0.6) is 0 Å². The molecule has 0 radical (unpaired) electrons. The topological polar surface area (TPSA) is 36.6 Å².